The molecule has 0 N–H and O–H groups in total. The third-order valence-electron chi connectivity index (χ3n) is 2.38. The van der Waals surface area contributed by atoms with Crippen LogP contribution in [0.2, 0.25) is 0 Å². The standard InChI is InChI=1S/C7H11.BrH.Zn/c1-2-7-4-3-6(1)5-7;;/h1,6-7H,2-5H2;1H;/q-1;;. The summed E-state index contributed by atoms with van der Waals surface area (Å²) in [5.41, 5.74) is 0. The van der Waals surface area contributed by atoms with Crippen molar-refractivity contribution >= 4 is 17.0 Å². The zero-order chi connectivity index (χ0) is 4.69. The molecule has 2 atom stereocenters. The molecule has 2 aliphatic rings. The summed E-state index contributed by atoms with van der Waals surface area (Å²) < 4.78 is 0. The van der Waals surface area contributed by atoms with Crippen molar-refractivity contribution in [2.45, 2.75) is 25.7 Å². The SMILES string of the molecule is Br.[CH-]1CC2CCC1C2.[Zn]. The molecule has 2 unspecified atom stereocenters. The minimum absolute atomic E-state index is 0. The zero-order valence-corrected chi connectivity index (χ0v) is 10.4. The molecule has 0 radical (unpaired) electrons. The molecular weight excluding hydrogens is 229 g/mol. The van der Waals surface area contributed by atoms with Gasteiger partial charge in [0.1, 0.15) is 0 Å². The van der Waals surface area contributed by atoms with E-state index in [2.05, 4.69) is 6.42 Å². The van der Waals surface area contributed by atoms with Gasteiger partial charge in [-0.3, -0.25) is 0 Å². The molecule has 0 heterocycles. The molecule has 0 aromatic heterocycles. The topological polar surface area (TPSA) is 0 Å². The zero-order valence-electron chi connectivity index (χ0n) is 5.68. The van der Waals surface area contributed by atoms with Crippen molar-refractivity contribution in [3.8, 4) is 0 Å². The van der Waals surface area contributed by atoms with Crippen molar-refractivity contribution in [1.82, 2.24) is 0 Å². The van der Waals surface area contributed by atoms with Crippen molar-refractivity contribution in [3.63, 3.8) is 0 Å². The smallest absolute Gasteiger partial charge is 0 e. The maximum atomic E-state index is 2.51. The largest absolute Gasteiger partial charge is 0.325 e. The maximum Gasteiger partial charge on any atom is 0 e. The van der Waals surface area contributed by atoms with Gasteiger partial charge in [0.15, 0.2) is 0 Å². The van der Waals surface area contributed by atoms with E-state index in [9.17, 15) is 0 Å². The van der Waals surface area contributed by atoms with Crippen molar-refractivity contribution in [2.24, 2.45) is 11.8 Å². The van der Waals surface area contributed by atoms with Gasteiger partial charge in [0.2, 0.25) is 0 Å². The Balaban J connectivity index is 0.000000320. The van der Waals surface area contributed by atoms with Crippen LogP contribution in [0.1, 0.15) is 25.7 Å². The number of fused-ring (bicyclic) bond motifs is 2. The van der Waals surface area contributed by atoms with Crippen molar-refractivity contribution in [3.05, 3.63) is 6.42 Å². The fourth-order valence-electron chi connectivity index (χ4n) is 1.93. The first-order chi connectivity index (χ1) is 3.45. The minimum atomic E-state index is 0. The van der Waals surface area contributed by atoms with E-state index in [1.54, 1.807) is 0 Å². The Morgan fingerprint density at radius 3 is 2.11 bits per heavy atom. The van der Waals surface area contributed by atoms with Gasteiger partial charge in [-0.05, 0) is 0 Å². The van der Waals surface area contributed by atoms with E-state index in [1.807, 2.05) is 0 Å². The fraction of sp³-hybridized carbons (Fsp3) is 0.857. The molecular formula is C7H12BrZn-. The second-order valence-corrected chi connectivity index (χ2v) is 2.91. The van der Waals surface area contributed by atoms with E-state index in [-0.39, 0.29) is 36.5 Å². The Hall–Kier alpha value is 1.10. The molecule has 2 fully saturated rings. The summed E-state index contributed by atoms with van der Waals surface area (Å²) in [6.07, 6.45) is 8.50. The van der Waals surface area contributed by atoms with Gasteiger partial charge < -0.3 is 6.42 Å². The van der Waals surface area contributed by atoms with Gasteiger partial charge in [-0.2, -0.15) is 12.3 Å². The molecule has 2 heteroatoms. The number of rotatable bonds is 0. The molecule has 50 valence electrons. The molecule has 2 bridgehead atoms. The van der Waals surface area contributed by atoms with Gasteiger partial charge in [-0.25, -0.2) is 0 Å². The van der Waals surface area contributed by atoms with E-state index in [4.69, 9.17) is 0 Å². The summed E-state index contributed by atoms with van der Waals surface area (Å²) in [7, 11) is 0. The maximum absolute atomic E-state index is 2.51. The Morgan fingerprint density at radius 2 is 2.00 bits per heavy atom. The molecule has 0 aromatic carbocycles. The predicted octanol–water partition coefficient (Wildman–Crippen LogP) is 2.59. The van der Waals surface area contributed by atoms with Crippen LogP contribution in [0.4, 0.5) is 0 Å². The van der Waals surface area contributed by atoms with Crippen LogP contribution < -0.4 is 0 Å². The van der Waals surface area contributed by atoms with Gasteiger partial charge >= 0.3 is 0 Å². The molecule has 9 heavy (non-hydrogen) atoms. The van der Waals surface area contributed by atoms with Gasteiger partial charge in [-0.1, -0.05) is 25.2 Å². The number of hydrogen-bond acceptors (Lipinski definition) is 0. The van der Waals surface area contributed by atoms with Crippen LogP contribution in [0, 0.1) is 18.3 Å². The van der Waals surface area contributed by atoms with Crippen LogP contribution >= 0.6 is 17.0 Å². The molecule has 2 aliphatic carbocycles. The van der Waals surface area contributed by atoms with Crippen molar-refractivity contribution in [1.29, 1.82) is 0 Å². The van der Waals surface area contributed by atoms with Crippen LogP contribution in [0.3, 0.4) is 0 Å². The summed E-state index contributed by atoms with van der Waals surface area (Å²) in [5, 5.41) is 0. The normalized spacial score (nSPS) is 37.3. The van der Waals surface area contributed by atoms with E-state index in [0.717, 1.165) is 11.8 Å². The molecule has 0 saturated heterocycles. The Labute approximate surface area is 80.3 Å². The summed E-state index contributed by atoms with van der Waals surface area (Å²) in [4.78, 5) is 0. The number of hydrogen-bond donors (Lipinski definition) is 0. The molecule has 2 saturated carbocycles. The van der Waals surface area contributed by atoms with Gasteiger partial charge in [-0.15, -0.1) is 17.0 Å². The molecule has 0 aromatic rings. The van der Waals surface area contributed by atoms with Gasteiger partial charge in [0.25, 0.3) is 0 Å². The second kappa shape index (κ2) is 4.08. The van der Waals surface area contributed by atoms with Crippen LogP contribution in [-0.2, 0) is 19.5 Å². The second-order valence-electron chi connectivity index (χ2n) is 2.91. The third-order valence-corrected chi connectivity index (χ3v) is 2.38. The minimum Gasteiger partial charge on any atom is -0.325 e. The Morgan fingerprint density at radius 1 is 1.22 bits per heavy atom. The monoisotopic (exact) mass is 239 g/mol. The Kier molecular flexibility index (Phi) is 4.58. The summed E-state index contributed by atoms with van der Waals surface area (Å²) in [5.74, 6) is 2.16. The summed E-state index contributed by atoms with van der Waals surface area (Å²) in [6.45, 7) is 0. The van der Waals surface area contributed by atoms with Gasteiger partial charge in [0.05, 0.1) is 0 Å². The van der Waals surface area contributed by atoms with Crippen LogP contribution in [-0.4, -0.2) is 0 Å². The first-order valence-electron chi connectivity index (χ1n) is 3.28. The summed E-state index contributed by atoms with van der Waals surface area (Å²) in [6, 6.07) is 0. The first-order valence-corrected chi connectivity index (χ1v) is 3.28. The van der Waals surface area contributed by atoms with Crippen LogP contribution in [0.25, 0.3) is 0 Å². The molecule has 2 rings (SSSR count). The van der Waals surface area contributed by atoms with E-state index in [1.165, 1.54) is 25.7 Å². The average Bonchev–Trinajstić information content (AvgIpc) is 2.22. The molecule has 0 aliphatic heterocycles. The fourth-order valence-corrected chi connectivity index (χ4v) is 1.93. The average molecular weight is 241 g/mol. The van der Waals surface area contributed by atoms with Crippen LogP contribution in [0.15, 0.2) is 0 Å². The van der Waals surface area contributed by atoms with E-state index < -0.39 is 0 Å². The Bertz CT molecular complexity index is 67.0. The molecule has 0 spiro atoms. The third kappa shape index (κ3) is 2.01. The van der Waals surface area contributed by atoms with Gasteiger partial charge in [0, 0.05) is 19.5 Å². The molecule has 0 nitrogen and oxygen atoms in total. The molecule has 0 amide bonds. The summed E-state index contributed by atoms with van der Waals surface area (Å²) >= 11 is 0. The van der Waals surface area contributed by atoms with Crippen LogP contribution in [0.5, 0.6) is 0 Å². The van der Waals surface area contributed by atoms with E-state index in [0.29, 0.717) is 0 Å². The first kappa shape index (κ1) is 10.1. The van der Waals surface area contributed by atoms with Crippen molar-refractivity contribution < 1.29 is 19.5 Å². The van der Waals surface area contributed by atoms with Crippen molar-refractivity contribution in [2.75, 3.05) is 0 Å². The number of halogens is 1. The van der Waals surface area contributed by atoms with E-state index >= 15 is 0 Å². The quantitative estimate of drug-likeness (QED) is 0.452. The predicted molar refractivity (Wildman–Crippen MR) is 40.1 cm³/mol.